The van der Waals surface area contributed by atoms with Gasteiger partial charge in [-0.3, -0.25) is 9.78 Å². The topological polar surface area (TPSA) is 54.0 Å². The van der Waals surface area contributed by atoms with E-state index in [0.717, 1.165) is 35.5 Å². The van der Waals surface area contributed by atoms with E-state index in [1.807, 2.05) is 37.4 Å². The Hall–Kier alpha value is -2.36. The van der Waals surface area contributed by atoms with E-state index in [9.17, 15) is 4.79 Å². The molecule has 1 heterocycles. The van der Waals surface area contributed by atoms with Gasteiger partial charge >= 0.3 is 0 Å². The predicted molar refractivity (Wildman–Crippen MR) is 84.4 cm³/mol. The largest absolute Gasteiger partial charge is 0.377 e. The van der Waals surface area contributed by atoms with Crippen molar-refractivity contribution in [3.05, 3.63) is 53.3 Å². The zero-order chi connectivity index (χ0) is 14.8. The minimum atomic E-state index is -0.0527. The van der Waals surface area contributed by atoms with Gasteiger partial charge in [-0.25, -0.2) is 0 Å². The number of carbonyl (C=O) groups is 1. The Labute approximate surface area is 124 Å². The average Bonchev–Trinajstić information content (AvgIpc) is 2.85. The predicted octanol–water partition coefficient (Wildman–Crippen LogP) is 3.45. The zero-order valence-corrected chi connectivity index (χ0v) is 12.3. The Kier molecular flexibility index (Phi) is 3.60. The van der Waals surface area contributed by atoms with Gasteiger partial charge in [0.05, 0.1) is 11.7 Å². The van der Waals surface area contributed by atoms with Gasteiger partial charge < -0.3 is 10.6 Å². The highest BCUT2D eigenvalue weighted by molar-refractivity contribution is 5.90. The highest BCUT2D eigenvalue weighted by Crippen LogP contribution is 2.33. The monoisotopic (exact) mass is 281 g/mol. The van der Waals surface area contributed by atoms with E-state index < -0.39 is 0 Å². The summed E-state index contributed by atoms with van der Waals surface area (Å²) in [5.41, 5.74) is 5.38. The molecular weight excluding hydrogens is 262 g/mol. The van der Waals surface area contributed by atoms with Crippen LogP contribution in [0, 0.1) is 6.92 Å². The molecule has 1 aliphatic carbocycles. The lowest BCUT2D eigenvalue weighted by molar-refractivity contribution is -0.114. The van der Waals surface area contributed by atoms with Gasteiger partial charge in [-0.1, -0.05) is 12.1 Å². The minimum absolute atomic E-state index is 0.0527. The molecule has 21 heavy (non-hydrogen) atoms. The number of aromatic nitrogens is 1. The van der Waals surface area contributed by atoms with Crippen LogP contribution < -0.4 is 10.6 Å². The van der Waals surface area contributed by atoms with Gasteiger partial charge in [0.2, 0.25) is 5.91 Å². The Morgan fingerprint density at radius 2 is 2.19 bits per heavy atom. The molecule has 0 saturated carbocycles. The fraction of sp³-hybridized carbons (Fsp3) is 0.294. The molecule has 1 aromatic carbocycles. The van der Waals surface area contributed by atoms with Crippen molar-refractivity contribution in [2.24, 2.45) is 0 Å². The fourth-order valence-electron chi connectivity index (χ4n) is 2.79. The summed E-state index contributed by atoms with van der Waals surface area (Å²) in [7, 11) is 0. The van der Waals surface area contributed by atoms with Crippen LogP contribution in [-0.2, 0) is 11.2 Å². The number of nitrogens with one attached hydrogen (secondary N) is 2. The lowest BCUT2D eigenvalue weighted by Gasteiger charge is -2.16. The van der Waals surface area contributed by atoms with Crippen molar-refractivity contribution in [3.8, 4) is 0 Å². The van der Waals surface area contributed by atoms with Crippen molar-refractivity contribution < 1.29 is 4.79 Å². The van der Waals surface area contributed by atoms with Crippen LogP contribution in [0.3, 0.4) is 0 Å². The van der Waals surface area contributed by atoms with Gasteiger partial charge in [-0.2, -0.15) is 0 Å². The van der Waals surface area contributed by atoms with Crippen molar-refractivity contribution >= 4 is 17.3 Å². The van der Waals surface area contributed by atoms with Gasteiger partial charge in [0.25, 0.3) is 0 Å². The molecule has 0 bridgehead atoms. The fourth-order valence-corrected chi connectivity index (χ4v) is 2.79. The van der Waals surface area contributed by atoms with E-state index in [1.165, 1.54) is 12.5 Å². The number of nitrogens with zero attached hydrogens (tertiary/aromatic N) is 1. The molecule has 108 valence electrons. The van der Waals surface area contributed by atoms with E-state index >= 15 is 0 Å². The summed E-state index contributed by atoms with van der Waals surface area (Å²) in [5, 5.41) is 6.39. The van der Waals surface area contributed by atoms with Gasteiger partial charge in [-0.05, 0) is 49.1 Å². The maximum Gasteiger partial charge on any atom is 0.221 e. The first kappa shape index (κ1) is 13.6. The molecule has 0 radical (unpaired) electrons. The Bertz CT molecular complexity index is 681. The molecule has 2 N–H and O–H groups in total. The van der Waals surface area contributed by atoms with Gasteiger partial charge in [0.15, 0.2) is 0 Å². The molecule has 1 aliphatic rings. The number of carbonyl (C=O) groups excluding carboxylic acids is 1. The third-order valence-electron chi connectivity index (χ3n) is 3.85. The van der Waals surface area contributed by atoms with Crippen molar-refractivity contribution in [2.45, 2.75) is 32.7 Å². The van der Waals surface area contributed by atoms with Gasteiger partial charge in [0.1, 0.15) is 0 Å². The summed E-state index contributed by atoms with van der Waals surface area (Å²) < 4.78 is 0. The quantitative estimate of drug-likeness (QED) is 0.906. The number of hydrogen-bond donors (Lipinski definition) is 2. The number of hydrogen-bond acceptors (Lipinski definition) is 3. The van der Waals surface area contributed by atoms with Crippen LogP contribution in [0.5, 0.6) is 0 Å². The van der Waals surface area contributed by atoms with E-state index in [2.05, 4.69) is 21.7 Å². The van der Waals surface area contributed by atoms with Crippen molar-refractivity contribution in [1.82, 2.24) is 4.98 Å². The molecule has 2 aromatic rings. The summed E-state index contributed by atoms with van der Waals surface area (Å²) in [5.74, 6) is -0.0527. The van der Waals surface area contributed by atoms with E-state index in [1.54, 1.807) is 0 Å². The molecule has 0 saturated heterocycles. The highest BCUT2D eigenvalue weighted by atomic mass is 16.1. The third-order valence-corrected chi connectivity index (χ3v) is 3.85. The summed E-state index contributed by atoms with van der Waals surface area (Å²) in [6, 6.07) is 10.4. The van der Waals surface area contributed by atoms with Crippen molar-refractivity contribution in [2.75, 3.05) is 10.6 Å². The summed E-state index contributed by atoms with van der Waals surface area (Å²) in [4.78, 5) is 15.7. The number of amides is 1. The molecule has 1 amide bonds. The molecule has 1 unspecified atom stereocenters. The molecule has 3 rings (SSSR count). The first-order chi connectivity index (χ1) is 10.1. The Balaban J connectivity index is 1.81. The average molecular weight is 281 g/mol. The highest BCUT2D eigenvalue weighted by Gasteiger charge is 2.23. The summed E-state index contributed by atoms with van der Waals surface area (Å²) >= 11 is 0. The smallest absolute Gasteiger partial charge is 0.221 e. The molecule has 1 aromatic heterocycles. The van der Waals surface area contributed by atoms with Crippen LogP contribution in [0.15, 0.2) is 36.5 Å². The van der Waals surface area contributed by atoms with Crippen LogP contribution in [0.1, 0.15) is 36.2 Å². The molecule has 4 heteroatoms. The Morgan fingerprint density at radius 1 is 1.33 bits per heavy atom. The normalized spacial score (nSPS) is 16.4. The lowest BCUT2D eigenvalue weighted by atomic mass is 10.1. The van der Waals surface area contributed by atoms with E-state index in [4.69, 9.17) is 0 Å². The zero-order valence-electron chi connectivity index (χ0n) is 12.3. The molecule has 0 spiro atoms. The first-order valence-corrected chi connectivity index (χ1v) is 7.22. The number of fused-ring (bicyclic) bond motifs is 1. The molecule has 0 fully saturated rings. The number of rotatable bonds is 3. The standard InChI is InChI=1S/C17H19N3O/c1-11-5-7-14(10-16(11)19-12(2)21)20-15-8-6-13-4-3-9-18-17(13)15/h3-5,7,9-10,15,20H,6,8H2,1-2H3,(H,19,21). The van der Waals surface area contributed by atoms with Crippen LogP contribution in [0.25, 0.3) is 0 Å². The van der Waals surface area contributed by atoms with E-state index in [0.29, 0.717) is 0 Å². The number of benzene rings is 1. The molecular formula is C17H19N3O. The van der Waals surface area contributed by atoms with Crippen LogP contribution in [-0.4, -0.2) is 10.9 Å². The number of pyridine rings is 1. The summed E-state index contributed by atoms with van der Waals surface area (Å²) in [6.45, 7) is 3.51. The minimum Gasteiger partial charge on any atom is -0.377 e. The second-order valence-electron chi connectivity index (χ2n) is 5.49. The second kappa shape index (κ2) is 5.56. The van der Waals surface area contributed by atoms with Gasteiger partial charge in [-0.15, -0.1) is 0 Å². The molecule has 1 atom stereocenters. The second-order valence-corrected chi connectivity index (χ2v) is 5.49. The number of aryl methyl sites for hydroxylation is 2. The van der Waals surface area contributed by atoms with Crippen LogP contribution in [0.2, 0.25) is 0 Å². The van der Waals surface area contributed by atoms with E-state index in [-0.39, 0.29) is 11.9 Å². The van der Waals surface area contributed by atoms with Crippen molar-refractivity contribution in [1.29, 1.82) is 0 Å². The van der Waals surface area contributed by atoms with Crippen molar-refractivity contribution in [3.63, 3.8) is 0 Å². The lowest BCUT2D eigenvalue weighted by Crippen LogP contribution is -2.10. The Morgan fingerprint density at radius 3 is 3.00 bits per heavy atom. The van der Waals surface area contributed by atoms with Crippen LogP contribution in [0.4, 0.5) is 11.4 Å². The maximum atomic E-state index is 11.2. The SMILES string of the molecule is CC(=O)Nc1cc(NC2CCc3cccnc32)ccc1C. The third kappa shape index (κ3) is 2.89. The first-order valence-electron chi connectivity index (χ1n) is 7.22. The maximum absolute atomic E-state index is 11.2. The number of anilines is 2. The van der Waals surface area contributed by atoms with Gasteiger partial charge in [0, 0.05) is 24.5 Å². The molecule has 4 nitrogen and oxygen atoms in total. The summed E-state index contributed by atoms with van der Waals surface area (Å²) in [6.07, 6.45) is 3.96. The molecule has 0 aliphatic heterocycles. The van der Waals surface area contributed by atoms with Crippen LogP contribution >= 0.6 is 0 Å².